The number of alkyl halides is 2. The highest BCUT2D eigenvalue weighted by molar-refractivity contribution is 14.1. The lowest BCUT2D eigenvalue weighted by Crippen LogP contribution is -2.15. The van der Waals surface area contributed by atoms with Crippen molar-refractivity contribution in [3.8, 4) is 0 Å². The van der Waals surface area contributed by atoms with Gasteiger partial charge in [-0.2, -0.15) is 0 Å². The number of fused-ring (bicyclic) bond motifs is 1. The first-order chi connectivity index (χ1) is 5.67. The molecule has 1 atom stereocenters. The molecule has 0 nitrogen and oxygen atoms in total. The second-order valence-corrected chi connectivity index (χ2v) is 7.79. The van der Waals surface area contributed by atoms with Crippen LogP contribution in [0.2, 0.25) is 0 Å². The highest BCUT2D eigenvalue weighted by Crippen LogP contribution is 2.37. The molecule has 0 bridgehead atoms. The number of allylic oxidation sites excluding steroid dienone is 1. The molecule has 0 aliphatic heterocycles. The van der Waals surface area contributed by atoms with E-state index < -0.39 is 0 Å². The Balaban J connectivity index is 2.46. The smallest absolute Gasteiger partial charge is 0.0687 e. The largest absolute Gasteiger partial charge is 0.0992 e. The molecule has 0 saturated heterocycles. The summed E-state index contributed by atoms with van der Waals surface area (Å²) in [6.07, 6.45) is 5.45. The Bertz CT molecular complexity index is 328. The van der Waals surface area contributed by atoms with Gasteiger partial charge < -0.3 is 0 Å². The topological polar surface area (TPSA) is 0 Å². The van der Waals surface area contributed by atoms with Crippen LogP contribution in [0, 0.1) is 0 Å². The lowest BCUT2D eigenvalue weighted by molar-refractivity contribution is 0.994. The van der Waals surface area contributed by atoms with Gasteiger partial charge in [-0.05, 0) is 11.1 Å². The van der Waals surface area contributed by atoms with Crippen LogP contribution in [0.3, 0.4) is 0 Å². The van der Waals surface area contributed by atoms with Crippen LogP contribution in [0.15, 0.2) is 30.3 Å². The van der Waals surface area contributed by atoms with Gasteiger partial charge >= 0.3 is 0 Å². The molecule has 0 heterocycles. The van der Waals surface area contributed by atoms with Crippen LogP contribution in [-0.4, -0.2) is 2.33 Å². The van der Waals surface area contributed by atoms with Crippen molar-refractivity contribution in [3.05, 3.63) is 41.5 Å². The SMILES string of the molecule is BrC1(I)C=Cc2ccccc2C1. The van der Waals surface area contributed by atoms with E-state index in [1.54, 1.807) is 0 Å². The molecular formula is C10H8BrI. The van der Waals surface area contributed by atoms with E-state index in [2.05, 4.69) is 74.9 Å². The normalized spacial score (nSPS) is 26.8. The van der Waals surface area contributed by atoms with Gasteiger partial charge in [0.25, 0.3) is 0 Å². The summed E-state index contributed by atoms with van der Waals surface area (Å²) in [5.74, 6) is 0. The van der Waals surface area contributed by atoms with Gasteiger partial charge in [0.2, 0.25) is 0 Å². The van der Waals surface area contributed by atoms with Gasteiger partial charge in [0, 0.05) is 6.42 Å². The van der Waals surface area contributed by atoms with Crippen molar-refractivity contribution in [3.63, 3.8) is 0 Å². The van der Waals surface area contributed by atoms with Crippen LogP contribution in [-0.2, 0) is 6.42 Å². The summed E-state index contributed by atoms with van der Waals surface area (Å²) in [4.78, 5) is 0. The molecule has 2 rings (SSSR count). The van der Waals surface area contributed by atoms with Gasteiger partial charge in [-0.25, -0.2) is 0 Å². The number of halogens is 2. The van der Waals surface area contributed by atoms with E-state index in [9.17, 15) is 0 Å². The quantitative estimate of drug-likeness (QED) is 0.500. The van der Waals surface area contributed by atoms with E-state index in [4.69, 9.17) is 0 Å². The molecule has 1 aromatic carbocycles. The van der Waals surface area contributed by atoms with Crippen LogP contribution in [0.1, 0.15) is 11.1 Å². The molecule has 0 aromatic heterocycles. The van der Waals surface area contributed by atoms with E-state index in [0.717, 1.165) is 6.42 Å². The highest BCUT2D eigenvalue weighted by atomic mass is 127. The third kappa shape index (κ3) is 1.74. The Kier molecular flexibility index (Phi) is 2.29. The lowest BCUT2D eigenvalue weighted by atomic mass is 9.98. The first kappa shape index (κ1) is 8.75. The fraction of sp³-hybridized carbons (Fsp3) is 0.200. The standard InChI is InChI=1S/C10H8BrI/c11-10(12)6-5-8-3-1-2-4-9(8)7-10/h1-6H,7H2. The molecule has 1 aliphatic rings. The van der Waals surface area contributed by atoms with Gasteiger partial charge in [0.1, 0.15) is 0 Å². The summed E-state index contributed by atoms with van der Waals surface area (Å²) in [6, 6.07) is 8.52. The highest BCUT2D eigenvalue weighted by Gasteiger charge is 2.23. The fourth-order valence-corrected chi connectivity index (χ4v) is 2.41. The summed E-state index contributed by atoms with van der Waals surface area (Å²) in [5.41, 5.74) is 2.77. The van der Waals surface area contributed by atoms with E-state index in [1.165, 1.54) is 11.1 Å². The molecule has 1 aliphatic carbocycles. The van der Waals surface area contributed by atoms with Crippen molar-refractivity contribution >= 4 is 44.6 Å². The molecule has 2 heteroatoms. The molecule has 0 N–H and O–H groups in total. The Morgan fingerprint density at radius 1 is 1.33 bits per heavy atom. The average Bonchev–Trinajstić information content (AvgIpc) is 2.02. The van der Waals surface area contributed by atoms with Gasteiger partial charge in [0.15, 0.2) is 0 Å². The van der Waals surface area contributed by atoms with Crippen LogP contribution in [0.5, 0.6) is 0 Å². The molecule has 0 amide bonds. The van der Waals surface area contributed by atoms with Crippen molar-refractivity contribution in [1.29, 1.82) is 0 Å². The maximum Gasteiger partial charge on any atom is 0.0992 e. The van der Waals surface area contributed by atoms with Crippen LogP contribution >= 0.6 is 38.5 Å². The Morgan fingerprint density at radius 2 is 2.08 bits per heavy atom. The lowest BCUT2D eigenvalue weighted by Gasteiger charge is -2.21. The third-order valence-corrected chi connectivity index (χ3v) is 3.27. The summed E-state index contributed by atoms with van der Waals surface area (Å²) in [7, 11) is 0. The maximum atomic E-state index is 3.66. The first-order valence-electron chi connectivity index (χ1n) is 3.82. The van der Waals surface area contributed by atoms with E-state index in [-0.39, 0.29) is 2.33 Å². The fourth-order valence-electron chi connectivity index (χ4n) is 1.38. The number of hydrogen-bond acceptors (Lipinski definition) is 0. The van der Waals surface area contributed by atoms with Gasteiger partial charge in [-0.1, -0.05) is 74.9 Å². The number of hydrogen-bond donors (Lipinski definition) is 0. The molecule has 0 spiro atoms. The van der Waals surface area contributed by atoms with Crippen molar-refractivity contribution < 1.29 is 0 Å². The second kappa shape index (κ2) is 3.14. The minimum absolute atomic E-state index is 0.124. The van der Waals surface area contributed by atoms with Gasteiger partial charge in [0.05, 0.1) is 2.33 Å². The minimum atomic E-state index is 0.124. The van der Waals surface area contributed by atoms with Crippen molar-refractivity contribution in [2.45, 2.75) is 8.75 Å². The number of rotatable bonds is 0. The second-order valence-electron chi connectivity index (χ2n) is 2.97. The van der Waals surface area contributed by atoms with Crippen LogP contribution in [0.4, 0.5) is 0 Å². The monoisotopic (exact) mass is 334 g/mol. The summed E-state index contributed by atoms with van der Waals surface area (Å²) >= 11 is 6.08. The minimum Gasteiger partial charge on any atom is -0.0687 e. The van der Waals surface area contributed by atoms with Crippen LogP contribution < -0.4 is 0 Å². The Morgan fingerprint density at radius 3 is 2.92 bits per heavy atom. The van der Waals surface area contributed by atoms with E-state index in [0.29, 0.717) is 0 Å². The number of benzene rings is 1. The zero-order chi connectivity index (χ0) is 8.60. The Hall–Kier alpha value is 0.170. The first-order valence-corrected chi connectivity index (χ1v) is 5.69. The third-order valence-electron chi connectivity index (χ3n) is 1.99. The van der Waals surface area contributed by atoms with Gasteiger partial charge in [-0.3, -0.25) is 0 Å². The predicted molar refractivity (Wildman–Crippen MR) is 64.9 cm³/mol. The summed E-state index contributed by atoms with van der Waals surface area (Å²) < 4.78 is 0.124. The molecule has 62 valence electrons. The molecule has 1 unspecified atom stereocenters. The summed E-state index contributed by atoms with van der Waals surface area (Å²) in [6.45, 7) is 0. The van der Waals surface area contributed by atoms with E-state index in [1.807, 2.05) is 0 Å². The molecule has 1 aromatic rings. The summed E-state index contributed by atoms with van der Waals surface area (Å²) in [5, 5.41) is 0. The van der Waals surface area contributed by atoms with Crippen molar-refractivity contribution in [1.82, 2.24) is 0 Å². The predicted octanol–water partition coefficient (Wildman–Crippen LogP) is 3.78. The average molecular weight is 335 g/mol. The van der Waals surface area contributed by atoms with Crippen molar-refractivity contribution in [2.75, 3.05) is 0 Å². The Labute approximate surface area is 94.3 Å². The van der Waals surface area contributed by atoms with Gasteiger partial charge in [-0.15, -0.1) is 0 Å². The maximum absolute atomic E-state index is 3.66. The molecule has 0 fully saturated rings. The van der Waals surface area contributed by atoms with E-state index >= 15 is 0 Å². The molecule has 0 radical (unpaired) electrons. The molecule has 12 heavy (non-hydrogen) atoms. The van der Waals surface area contributed by atoms with Crippen molar-refractivity contribution in [2.24, 2.45) is 0 Å². The zero-order valence-electron chi connectivity index (χ0n) is 6.43. The van der Waals surface area contributed by atoms with Crippen LogP contribution in [0.25, 0.3) is 6.08 Å². The molecular weight excluding hydrogens is 327 g/mol. The molecule has 0 saturated carbocycles. The zero-order valence-corrected chi connectivity index (χ0v) is 10.2.